The number of nitrogens with two attached hydrogens (primary N) is 1. The van der Waals surface area contributed by atoms with Crippen molar-refractivity contribution in [1.82, 2.24) is 9.97 Å². The molecule has 1 aromatic carbocycles. The van der Waals surface area contributed by atoms with E-state index in [1.54, 1.807) is 18.9 Å². The lowest BCUT2D eigenvalue weighted by atomic mass is 10.3. The molecule has 1 heterocycles. The van der Waals surface area contributed by atoms with Gasteiger partial charge in [0, 0.05) is 16.4 Å². The van der Waals surface area contributed by atoms with Crippen molar-refractivity contribution in [2.24, 2.45) is 5.84 Å². The first kappa shape index (κ1) is 14.2. The fourth-order valence-electron chi connectivity index (χ4n) is 2.03. The molecule has 0 atom stereocenters. The number of methoxy groups -OCH3 is 1. The van der Waals surface area contributed by atoms with Gasteiger partial charge in [-0.05, 0) is 44.0 Å². The molecule has 5 nitrogen and oxygen atoms in total. The molecule has 0 amide bonds. The average molecular weight is 302 g/mol. The van der Waals surface area contributed by atoms with Crippen molar-refractivity contribution in [3.8, 4) is 5.75 Å². The Labute approximate surface area is 128 Å². The van der Waals surface area contributed by atoms with Gasteiger partial charge in [-0.15, -0.1) is 0 Å². The van der Waals surface area contributed by atoms with Crippen molar-refractivity contribution in [1.29, 1.82) is 0 Å². The highest BCUT2D eigenvalue weighted by Gasteiger charge is 2.28. The Morgan fingerprint density at radius 1 is 1.24 bits per heavy atom. The molecule has 0 saturated heterocycles. The second kappa shape index (κ2) is 5.91. The van der Waals surface area contributed by atoms with E-state index in [4.69, 9.17) is 15.6 Å². The minimum Gasteiger partial charge on any atom is -0.497 e. The van der Waals surface area contributed by atoms with Crippen molar-refractivity contribution in [3.63, 3.8) is 0 Å². The van der Waals surface area contributed by atoms with Crippen LogP contribution < -0.4 is 16.0 Å². The van der Waals surface area contributed by atoms with Gasteiger partial charge in [-0.1, -0.05) is 11.8 Å². The summed E-state index contributed by atoms with van der Waals surface area (Å²) < 4.78 is 5.18. The van der Waals surface area contributed by atoms with Gasteiger partial charge in [-0.25, -0.2) is 15.8 Å². The highest BCUT2D eigenvalue weighted by atomic mass is 32.2. The number of nitrogens with one attached hydrogen (secondary N) is 1. The van der Waals surface area contributed by atoms with Crippen LogP contribution in [-0.4, -0.2) is 17.1 Å². The van der Waals surface area contributed by atoms with Gasteiger partial charge >= 0.3 is 0 Å². The summed E-state index contributed by atoms with van der Waals surface area (Å²) in [7, 11) is 1.66. The van der Waals surface area contributed by atoms with Crippen LogP contribution in [0.25, 0.3) is 0 Å². The van der Waals surface area contributed by atoms with E-state index in [-0.39, 0.29) is 0 Å². The summed E-state index contributed by atoms with van der Waals surface area (Å²) in [6.07, 6.45) is 2.33. The van der Waals surface area contributed by atoms with Gasteiger partial charge in [0.2, 0.25) is 0 Å². The number of anilines is 1. The molecular formula is C15H18N4OS. The highest BCUT2D eigenvalue weighted by Crippen LogP contribution is 2.40. The summed E-state index contributed by atoms with van der Waals surface area (Å²) in [6, 6.07) is 7.94. The van der Waals surface area contributed by atoms with Crippen LogP contribution in [-0.2, 0) is 0 Å². The van der Waals surface area contributed by atoms with Crippen LogP contribution in [0.5, 0.6) is 5.75 Å². The first-order chi connectivity index (χ1) is 10.2. The number of nitrogens with zero attached hydrogens (tertiary/aromatic N) is 2. The summed E-state index contributed by atoms with van der Waals surface area (Å²) in [6.45, 7) is 1.98. The number of hydrogen-bond donors (Lipinski definition) is 2. The van der Waals surface area contributed by atoms with Crippen molar-refractivity contribution in [2.75, 3.05) is 12.5 Å². The van der Waals surface area contributed by atoms with E-state index in [2.05, 4.69) is 10.4 Å². The van der Waals surface area contributed by atoms with Crippen molar-refractivity contribution in [3.05, 3.63) is 35.7 Å². The third-order valence-electron chi connectivity index (χ3n) is 3.47. The summed E-state index contributed by atoms with van der Waals surface area (Å²) in [5, 5.41) is 0.949. The predicted molar refractivity (Wildman–Crippen MR) is 83.7 cm³/mol. The van der Waals surface area contributed by atoms with E-state index in [1.807, 2.05) is 31.2 Å². The number of nitrogen functional groups attached to an aromatic ring is 1. The molecule has 3 rings (SSSR count). The molecule has 1 aliphatic rings. The quantitative estimate of drug-likeness (QED) is 0.502. The number of aromatic nitrogens is 2. The van der Waals surface area contributed by atoms with Crippen LogP contribution in [0.4, 0.5) is 5.82 Å². The van der Waals surface area contributed by atoms with Gasteiger partial charge in [-0.3, -0.25) is 0 Å². The van der Waals surface area contributed by atoms with E-state index in [0.29, 0.717) is 11.7 Å². The van der Waals surface area contributed by atoms with Crippen molar-refractivity contribution < 1.29 is 4.74 Å². The number of benzene rings is 1. The Morgan fingerprint density at radius 2 is 1.95 bits per heavy atom. The van der Waals surface area contributed by atoms with Gasteiger partial charge < -0.3 is 10.2 Å². The minimum absolute atomic E-state index is 0.493. The van der Waals surface area contributed by atoms with E-state index >= 15 is 0 Å². The minimum atomic E-state index is 0.493. The van der Waals surface area contributed by atoms with Gasteiger partial charge in [0.15, 0.2) is 0 Å². The topological polar surface area (TPSA) is 73.1 Å². The second-order valence-corrected chi connectivity index (χ2v) is 6.12. The first-order valence-electron chi connectivity index (χ1n) is 6.88. The Hall–Kier alpha value is -1.79. The third-order valence-corrected chi connectivity index (χ3v) is 4.57. The standard InChI is InChI=1S/C15H18N4OS/c1-9-13(19-16)17-14(10-3-4-10)18-15(9)21-12-7-5-11(20-2)6-8-12/h5-8,10H,3-4,16H2,1-2H3,(H,17,18,19). The number of rotatable bonds is 5. The molecule has 1 aromatic heterocycles. The van der Waals surface area contributed by atoms with Crippen molar-refractivity contribution in [2.45, 2.75) is 35.6 Å². The monoisotopic (exact) mass is 302 g/mol. The molecule has 0 aliphatic heterocycles. The fraction of sp³-hybridized carbons (Fsp3) is 0.333. The highest BCUT2D eigenvalue weighted by molar-refractivity contribution is 7.99. The molecule has 21 heavy (non-hydrogen) atoms. The summed E-state index contributed by atoms with van der Waals surface area (Å²) in [4.78, 5) is 10.3. The largest absolute Gasteiger partial charge is 0.497 e. The maximum absolute atomic E-state index is 5.57. The number of hydrazine groups is 1. The van der Waals surface area contributed by atoms with Gasteiger partial charge in [0.25, 0.3) is 0 Å². The summed E-state index contributed by atoms with van der Waals surface area (Å²) >= 11 is 1.62. The molecule has 2 aromatic rings. The lowest BCUT2D eigenvalue weighted by molar-refractivity contribution is 0.414. The first-order valence-corrected chi connectivity index (χ1v) is 7.70. The molecule has 3 N–H and O–H groups in total. The maximum atomic E-state index is 5.57. The lowest BCUT2D eigenvalue weighted by Crippen LogP contribution is -2.13. The van der Waals surface area contributed by atoms with Crippen LogP contribution in [0.1, 0.15) is 30.1 Å². The smallest absolute Gasteiger partial charge is 0.147 e. The molecule has 0 bridgehead atoms. The van der Waals surface area contributed by atoms with Gasteiger partial charge in [0.1, 0.15) is 22.4 Å². The third kappa shape index (κ3) is 3.11. The molecule has 0 unspecified atom stereocenters. The zero-order valence-corrected chi connectivity index (χ0v) is 12.9. The Kier molecular flexibility index (Phi) is 3.98. The van der Waals surface area contributed by atoms with E-state index < -0.39 is 0 Å². The molecule has 1 fully saturated rings. The molecule has 110 valence electrons. The zero-order valence-electron chi connectivity index (χ0n) is 12.1. The molecule has 1 saturated carbocycles. The predicted octanol–water partition coefficient (Wildman–Crippen LogP) is 3.11. The van der Waals surface area contributed by atoms with Gasteiger partial charge in [0.05, 0.1) is 7.11 Å². The lowest BCUT2D eigenvalue weighted by Gasteiger charge is -2.11. The van der Waals surface area contributed by atoms with E-state index in [9.17, 15) is 0 Å². The molecule has 0 radical (unpaired) electrons. The summed E-state index contributed by atoms with van der Waals surface area (Å²) in [5.41, 5.74) is 3.65. The van der Waals surface area contributed by atoms with Crippen LogP contribution >= 0.6 is 11.8 Å². The Balaban J connectivity index is 1.90. The van der Waals surface area contributed by atoms with Crippen LogP contribution in [0.15, 0.2) is 34.2 Å². The van der Waals surface area contributed by atoms with Crippen LogP contribution in [0.3, 0.4) is 0 Å². The Bertz CT molecular complexity index is 641. The van der Waals surface area contributed by atoms with E-state index in [0.717, 1.165) is 27.1 Å². The zero-order chi connectivity index (χ0) is 14.8. The normalized spacial score (nSPS) is 14.0. The SMILES string of the molecule is COc1ccc(Sc2nc(C3CC3)nc(NN)c2C)cc1. The van der Waals surface area contributed by atoms with E-state index in [1.165, 1.54) is 12.8 Å². The molecular weight excluding hydrogens is 284 g/mol. The van der Waals surface area contributed by atoms with Crippen LogP contribution in [0.2, 0.25) is 0 Å². The fourth-order valence-corrected chi connectivity index (χ4v) is 2.92. The number of hydrogen-bond acceptors (Lipinski definition) is 6. The molecule has 0 spiro atoms. The maximum Gasteiger partial charge on any atom is 0.147 e. The Morgan fingerprint density at radius 3 is 2.52 bits per heavy atom. The van der Waals surface area contributed by atoms with Crippen LogP contribution in [0, 0.1) is 6.92 Å². The summed E-state index contributed by atoms with van der Waals surface area (Å²) in [5.74, 6) is 8.52. The van der Waals surface area contributed by atoms with Crippen molar-refractivity contribution >= 4 is 17.6 Å². The number of ether oxygens (including phenoxy) is 1. The van der Waals surface area contributed by atoms with Gasteiger partial charge in [-0.2, -0.15) is 0 Å². The second-order valence-electron chi connectivity index (χ2n) is 5.06. The average Bonchev–Trinajstić information content (AvgIpc) is 3.35. The molecule has 6 heteroatoms. The molecule has 1 aliphatic carbocycles.